The number of amides is 1. The topological polar surface area (TPSA) is 59.2 Å². The first-order chi connectivity index (χ1) is 13.7. The highest BCUT2D eigenvalue weighted by Gasteiger charge is 2.16. The summed E-state index contributed by atoms with van der Waals surface area (Å²) in [6.45, 7) is 0.581. The van der Waals surface area contributed by atoms with Crippen LogP contribution in [0.2, 0.25) is 0 Å². The fourth-order valence-corrected chi connectivity index (χ4v) is 4.22. The lowest BCUT2D eigenvalue weighted by Crippen LogP contribution is -2.27. The lowest BCUT2D eigenvalue weighted by atomic mass is 10.2. The molecule has 0 spiro atoms. The van der Waals surface area contributed by atoms with E-state index in [1.165, 1.54) is 23.0 Å². The van der Waals surface area contributed by atoms with E-state index in [2.05, 4.69) is 34.2 Å². The number of hydrogen-bond donors (Lipinski definition) is 0. The number of nitrogens with zero attached hydrogens (tertiary/aromatic N) is 3. The second-order valence-electron chi connectivity index (χ2n) is 6.34. The molecule has 0 N–H and O–H groups in total. The number of rotatable bonds is 6. The lowest BCUT2D eigenvalue weighted by Gasteiger charge is -2.17. The second-order valence-corrected chi connectivity index (χ2v) is 8.19. The first-order valence-corrected chi connectivity index (χ1v) is 11.0. The van der Waals surface area contributed by atoms with Crippen molar-refractivity contribution < 1.29 is 9.21 Å². The van der Waals surface area contributed by atoms with E-state index in [1.54, 1.807) is 16.7 Å². The summed E-state index contributed by atoms with van der Waals surface area (Å²) in [5.74, 6) is 0.338. The minimum absolute atomic E-state index is 0.0433. The van der Waals surface area contributed by atoms with Crippen LogP contribution in [0.25, 0.3) is 22.1 Å². The zero-order valence-corrected chi connectivity index (χ0v) is 17.2. The van der Waals surface area contributed by atoms with E-state index in [0.29, 0.717) is 22.9 Å². The summed E-state index contributed by atoms with van der Waals surface area (Å²) in [5.41, 5.74) is 3.30. The van der Waals surface area contributed by atoms with Gasteiger partial charge >= 0.3 is 0 Å². The normalized spacial score (nSPS) is 11.2. The number of carbonyl (C=O) groups is 1. The van der Waals surface area contributed by atoms with Crippen LogP contribution >= 0.6 is 23.5 Å². The fourth-order valence-electron chi connectivity index (χ4n) is 2.94. The summed E-state index contributed by atoms with van der Waals surface area (Å²) in [6.07, 6.45) is 3.57. The average molecular weight is 410 g/mol. The second kappa shape index (κ2) is 8.24. The largest absolute Gasteiger partial charge is 0.451 e. The molecule has 0 aliphatic heterocycles. The van der Waals surface area contributed by atoms with Crippen LogP contribution in [-0.2, 0) is 11.3 Å². The van der Waals surface area contributed by atoms with Crippen molar-refractivity contribution in [3.8, 4) is 0 Å². The zero-order valence-electron chi connectivity index (χ0n) is 15.6. The van der Waals surface area contributed by atoms with Crippen molar-refractivity contribution in [3.63, 3.8) is 0 Å². The molecule has 0 radical (unpaired) electrons. The number of benzene rings is 2. The summed E-state index contributed by atoms with van der Waals surface area (Å²) in [4.78, 5) is 24.2. The Labute approximate surface area is 171 Å². The van der Waals surface area contributed by atoms with Gasteiger partial charge < -0.3 is 9.32 Å². The maximum atomic E-state index is 12.6. The predicted octanol–water partition coefficient (Wildman–Crippen LogP) is 4.85. The number of para-hydroxylation sites is 1. The van der Waals surface area contributed by atoms with E-state index in [0.717, 1.165) is 22.0 Å². The van der Waals surface area contributed by atoms with Crippen LogP contribution in [0.3, 0.4) is 0 Å². The van der Waals surface area contributed by atoms with Crippen molar-refractivity contribution in [1.29, 1.82) is 0 Å². The number of carbonyl (C=O) groups excluding carboxylic acids is 1. The molecular weight excluding hydrogens is 390 g/mol. The van der Waals surface area contributed by atoms with E-state index in [9.17, 15) is 4.79 Å². The SMILES string of the molecule is CSc1ccc(CN(C)C(=O)CSc2ncnc3c2oc2ccccc23)cc1. The number of hydrogen-bond acceptors (Lipinski definition) is 6. The molecule has 0 fully saturated rings. The molecule has 1 amide bonds. The molecule has 4 aromatic rings. The molecule has 0 saturated carbocycles. The molecule has 2 heterocycles. The van der Waals surface area contributed by atoms with Gasteiger partial charge in [0.2, 0.25) is 5.91 Å². The monoisotopic (exact) mass is 409 g/mol. The van der Waals surface area contributed by atoms with Gasteiger partial charge in [0, 0.05) is 23.9 Å². The van der Waals surface area contributed by atoms with Crippen LogP contribution in [0.4, 0.5) is 0 Å². The highest BCUT2D eigenvalue weighted by molar-refractivity contribution is 8.00. The Balaban J connectivity index is 1.45. The molecule has 4 rings (SSSR count). The van der Waals surface area contributed by atoms with Crippen LogP contribution in [0.1, 0.15) is 5.56 Å². The molecule has 0 saturated heterocycles. The minimum Gasteiger partial charge on any atom is -0.451 e. The van der Waals surface area contributed by atoms with Gasteiger partial charge in [0.15, 0.2) is 5.58 Å². The number of aromatic nitrogens is 2. The first kappa shape index (κ1) is 18.8. The smallest absolute Gasteiger partial charge is 0.233 e. The van der Waals surface area contributed by atoms with Crippen LogP contribution in [0.5, 0.6) is 0 Å². The third kappa shape index (κ3) is 3.86. The Hall–Kier alpha value is -2.51. The van der Waals surface area contributed by atoms with Crippen molar-refractivity contribution in [3.05, 3.63) is 60.4 Å². The summed E-state index contributed by atoms with van der Waals surface area (Å²) in [7, 11) is 1.82. The Bertz CT molecular complexity index is 1130. The van der Waals surface area contributed by atoms with Crippen LogP contribution in [-0.4, -0.2) is 39.8 Å². The van der Waals surface area contributed by atoms with Crippen molar-refractivity contribution in [2.75, 3.05) is 19.1 Å². The predicted molar refractivity (Wildman–Crippen MR) is 115 cm³/mol. The minimum atomic E-state index is 0.0433. The summed E-state index contributed by atoms with van der Waals surface area (Å²) in [6, 6.07) is 16.0. The van der Waals surface area contributed by atoms with Gasteiger partial charge in [0.1, 0.15) is 22.5 Å². The van der Waals surface area contributed by atoms with Crippen molar-refractivity contribution in [2.45, 2.75) is 16.5 Å². The van der Waals surface area contributed by atoms with Gasteiger partial charge in [0.05, 0.1) is 5.75 Å². The van der Waals surface area contributed by atoms with Gasteiger partial charge in [-0.2, -0.15) is 0 Å². The lowest BCUT2D eigenvalue weighted by molar-refractivity contribution is -0.127. The van der Waals surface area contributed by atoms with E-state index >= 15 is 0 Å². The number of furan rings is 1. The maximum Gasteiger partial charge on any atom is 0.233 e. The highest BCUT2D eigenvalue weighted by atomic mass is 32.2. The van der Waals surface area contributed by atoms with Crippen molar-refractivity contribution >= 4 is 51.5 Å². The quantitative estimate of drug-likeness (QED) is 0.335. The third-order valence-electron chi connectivity index (χ3n) is 4.46. The van der Waals surface area contributed by atoms with E-state index in [1.807, 2.05) is 37.6 Å². The van der Waals surface area contributed by atoms with Crippen LogP contribution in [0, 0.1) is 0 Å². The van der Waals surface area contributed by atoms with E-state index in [-0.39, 0.29) is 5.91 Å². The fraction of sp³-hybridized carbons (Fsp3) is 0.190. The highest BCUT2D eigenvalue weighted by Crippen LogP contribution is 2.32. The van der Waals surface area contributed by atoms with Crippen molar-refractivity contribution in [2.24, 2.45) is 0 Å². The molecule has 2 aromatic carbocycles. The molecule has 0 unspecified atom stereocenters. The third-order valence-corrected chi connectivity index (χ3v) is 6.16. The Morgan fingerprint density at radius 3 is 2.68 bits per heavy atom. The Morgan fingerprint density at radius 2 is 1.89 bits per heavy atom. The molecule has 7 heteroatoms. The van der Waals surface area contributed by atoms with Gasteiger partial charge in [-0.05, 0) is 36.1 Å². The molecular formula is C21H19N3O2S2. The average Bonchev–Trinajstić information content (AvgIpc) is 3.12. The maximum absolute atomic E-state index is 12.6. The van der Waals surface area contributed by atoms with Gasteiger partial charge in [-0.25, -0.2) is 9.97 Å². The molecule has 2 aromatic heterocycles. The molecule has 0 atom stereocenters. The first-order valence-electron chi connectivity index (χ1n) is 8.77. The molecule has 0 aliphatic carbocycles. The van der Waals surface area contributed by atoms with Gasteiger partial charge in [-0.1, -0.05) is 36.0 Å². The van der Waals surface area contributed by atoms with Gasteiger partial charge in [-0.3, -0.25) is 4.79 Å². The molecule has 5 nitrogen and oxygen atoms in total. The molecule has 142 valence electrons. The van der Waals surface area contributed by atoms with Gasteiger partial charge in [0.25, 0.3) is 0 Å². The van der Waals surface area contributed by atoms with Crippen molar-refractivity contribution in [1.82, 2.24) is 14.9 Å². The van der Waals surface area contributed by atoms with E-state index < -0.39 is 0 Å². The number of thioether (sulfide) groups is 2. The standard InChI is InChI=1S/C21H19N3O2S2/c1-24(11-14-7-9-15(27-2)10-8-14)18(25)12-28-21-20-19(22-13-23-21)16-5-3-4-6-17(16)26-20/h3-10,13H,11-12H2,1-2H3. The van der Waals surface area contributed by atoms with Crippen LogP contribution < -0.4 is 0 Å². The summed E-state index contributed by atoms with van der Waals surface area (Å²) >= 11 is 3.08. The van der Waals surface area contributed by atoms with Crippen LogP contribution in [0.15, 0.2) is 69.2 Å². The zero-order chi connectivity index (χ0) is 19.5. The Morgan fingerprint density at radius 1 is 1.11 bits per heavy atom. The molecule has 0 bridgehead atoms. The number of fused-ring (bicyclic) bond motifs is 3. The summed E-state index contributed by atoms with van der Waals surface area (Å²) in [5, 5.41) is 1.64. The summed E-state index contributed by atoms with van der Waals surface area (Å²) < 4.78 is 5.92. The molecule has 0 aliphatic rings. The molecule has 28 heavy (non-hydrogen) atoms. The Kier molecular flexibility index (Phi) is 5.54. The van der Waals surface area contributed by atoms with E-state index in [4.69, 9.17) is 4.42 Å². The van der Waals surface area contributed by atoms with Gasteiger partial charge in [-0.15, -0.1) is 11.8 Å².